The van der Waals surface area contributed by atoms with Crippen LogP contribution in [-0.4, -0.2) is 4.98 Å². The molecule has 0 aliphatic rings. The molecule has 0 aliphatic carbocycles. The van der Waals surface area contributed by atoms with E-state index in [0.29, 0.717) is 12.1 Å². The Hall–Kier alpha value is -1.42. The van der Waals surface area contributed by atoms with Crippen molar-refractivity contribution in [2.24, 2.45) is 0 Å². The van der Waals surface area contributed by atoms with Gasteiger partial charge in [0.1, 0.15) is 5.82 Å². The second-order valence-electron chi connectivity index (χ2n) is 4.17. The number of halogens is 2. The lowest BCUT2D eigenvalue weighted by Crippen LogP contribution is -2.04. The van der Waals surface area contributed by atoms with Gasteiger partial charge >= 0.3 is 0 Å². The van der Waals surface area contributed by atoms with Gasteiger partial charge in [0.2, 0.25) is 0 Å². The number of aryl methyl sites for hydroxylation is 2. The van der Waals surface area contributed by atoms with Crippen molar-refractivity contribution < 1.29 is 4.39 Å². The summed E-state index contributed by atoms with van der Waals surface area (Å²) in [5, 5.41) is 3.20. The monoisotopic (exact) mass is 308 g/mol. The van der Waals surface area contributed by atoms with Gasteiger partial charge in [0, 0.05) is 22.3 Å². The Morgan fingerprint density at radius 2 is 2.00 bits per heavy atom. The first-order valence-corrected chi connectivity index (χ1v) is 6.47. The lowest BCUT2D eigenvalue weighted by atomic mass is 10.2. The van der Waals surface area contributed by atoms with Crippen molar-refractivity contribution in [3.8, 4) is 0 Å². The largest absolute Gasteiger partial charge is 0.379 e. The molecule has 2 rings (SSSR count). The summed E-state index contributed by atoms with van der Waals surface area (Å²) >= 11 is 3.24. The Labute approximate surface area is 114 Å². The minimum atomic E-state index is -0.213. The Morgan fingerprint density at radius 3 is 2.67 bits per heavy atom. The first-order chi connectivity index (χ1) is 8.56. The van der Waals surface area contributed by atoms with Crippen LogP contribution < -0.4 is 5.32 Å². The number of benzene rings is 1. The van der Waals surface area contributed by atoms with Gasteiger partial charge in [-0.15, -0.1) is 0 Å². The highest BCUT2D eigenvalue weighted by Crippen LogP contribution is 2.18. The van der Waals surface area contributed by atoms with E-state index in [9.17, 15) is 4.39 Å². The number of anilines is 1. The minimum absolute atomic E-state index is 0.213. The summed E-state index contributed by atoms with van der Waals surface area (Å²) in [4.78, 5) is 4.36. The van der Waals surface area contributed by atoms with Gasteiger partial charge in [0.05, 0.1) is 11.4 Å². The Bertz CT molecular complexity index is 518. The molecule has 0 aliphatic heterocycles. The quantitative estimate of drug-likeness (QED) is 0.918. The highest BCUT2D eigenvalue weighted by molar-refractivity contribution is 9.10. The van der Waals surface area contributed by atoms with Crippen molar-refractivity contribution in [2.45, 2.75) is 20.4 Å². The number of hydrogen-bond donors (Lipinski definition) is 1. The maximum absolute atomic E-state index is 13.6. The van der Waals surface area contributed by atoms with Crippen LogP contribution in [0.15, 0.2) is 34.8 Å². The fraction of sp³-hybridized carbons (Fsp3) is 0.214. The number of rotatable bonds is 3. The molecule has 1 aromatic heterocycles. The third-order valence-electron chi connectivity index (χ3n) is 2.71. The molecule has 1 aromatic carbocycles. The van der Waals surface area contributed by atoms with E-state index in [4.69, 9.17) is 0 Å². The summed E-state index contributed by atoms with van der Waals surface area (Å²) < 4.78 is 14.4. The molecule has 0 saturated heterocycles. The summed E-state index contributed by atoms with van der Waals surface area (Å²) in [5.41, 5.74) is 3.47. The molecule has 2 nitrogen and oxygen atoms in total. The molecule has 18 heavy (non-hydrogen) atoms. The van der Waals surface area contributed by atoms with Crippen molar-refractivity contribution in [1.29, 1.82) is 0 Å². The van der Waals surface area contributed by atoms with E-state index >= 15 is 0 Å². The van der Waals surface area contributed by atoms with Gasteiger partial charge in [-0.2, -0.15) is 0 Å². The van der Waals surface area contributed by atoms with Gasteiger partial charge in [-0.05, 0) is 38.1 Å². The van der Waals surface area contributed by atoms with Gasteiger partial charge in [-0.3, -0.25) is 4.98 Å². The molecule has 1 heterocycles. The smallest absolute Gasteiger partial charge is 0.129 e. The van der Waals surface area contributed by atoms with Gasteiger partial charge in [0.15, 0.2) is 0 Å². The van der Waals surface area contributed by atoms with E-state index in [1.807, 2.05) is 32.0 Å². The van der Waals surface area contributed by atoms with Crippen LogP contribution in [0, 0.1) is 19.7 Å². The van der Waals surface area contributed by atoms with Crippen molar-refractivity contribution >= 4 is 21.6 Å². The Morgan fingerprint density at radius 1 is 1.22 bits per heavy atom. The van der Waals surface area contributed by atoms with Crippen LogP contribution >= 0.6 is 15.9 Å². The average Bonchev–Trinajstić information content (AvgIpc) is 2.30. The first kappa shape index (κ1) is 13.0. The average molecular weight is 309 g/mol. The molecule has 94 valence electrons. The van der Waals surface area contributed by atoms with Gasteiger partial charge in [-0.1, -0.05) is 22.0 Å². The number of aromatic nitrogens is 1. The third-order valence-corrected chi connectivity index (χ3v) is 3.20. The molecule has 4 heteroatoms. The molecular formula is C14H14BrFN2. The normalized spacial score (nSPS) is 10.4. The van der Waals surface area contributed by atoms with E-state index in [1.54, 1.807) is 6.07 Å². The molecule has 0 atom stereocenters. The zero-order chi connectivity index (χ0) is 13.1. The molecule has 2 aromatic rings. The lowest BCUT2D eigenvalue weighted by molar-refractivity contribution is 0.612. The summed E-state index contributed by atoms with van der Waals surface area (Å²) in [6.45, 7) is 4.34. The molecular weight excluding hydrogens is 295 g/mol. The van der Waals surface area contributed by atoms with E-state index in [1.165, 1.54) is 6.07 Å². The summed E-state index contributed by atoms with van der Waals surface area (Å²) in [6, 6.07) is 8.97. The lowest BCUT2D eigenvalue weighted by Gasteiger charge is -2.10. The molecule has 0 unspecified atom stereocenters. The molecule has 0 radical (unpaired) electrons. The predicted octanol–water partition coefficient (Wildman–Crippen LogP) is 4.21. The molecule has 0 bridgehead atoms. The Kier molecular flexibility index (Phi) is 3.97. The van der Waals surface area contributed by atoms with E-state index in [0.717, 1.165) is 21.5 Å². The standard InChI is InChI=1S/C14H14BrFN2/c1-9-3-6-14(10(2)18-9)17-8-11-4-5-12(15)7-13(11)16/h3-7,17H,8H2,1-2H3. The van der Waals surface area contributed by atoms with Crippen molar-refractivity contribution in [1.82, 2.24) is 4.98 Å². The van der Waals surface area contributed by atoms with Crippen LogP contribution in [0.2, 0.25) is 0 Å². The second kappa shape index (κ2) is 5.48. The number of pyridine rings is 1. The van der Waals surface area contributed by atoms with Crippen LogP contribution in [0.3, 0.4) is 0 Å². The molecule has 0 spiro atoms. The molecule has 0 saturated carbocycles. The maximum atomic E-state index is 13.6. The van der Waals surface area contributed by atoms with E-state index < -0.39 is 0 Å². The van der Waals surface area contributed by atoms with Crippen LogP contribution in [0.5, 0.6) is 0 Å². The van der Waals surface area contributed by atoms with Gasteiger partial charge < -0.3 is 5.32 Å². The summed E-state index contributed by atoms with van der Waals surface area (Å²) in [6.07, 6.45) is 0. The van der Waals surface area contributed by atoms with E-state index in [-0.39, 0.29) is 5.82 Å². The summed E-state index contributed by atoms with van der Waals surface area (Å²) in [5.74, 6) is -0.213. The van der Waals surface area contributed by atoms with Gasteiger partial charge in [0.25, 0.3) is 0 Å². The zero-order valence-corrected chi connectivity index (χ0v) is 11.9. The van der Waals surface area contributed by atoms with Crippen molar-refractivity contribution in [3.63, 3.8) is 0 Å². The highest BCUT2D eigenvalue weighted by Gasteiger charge is 2.04. The number of nitrogens with one attached hydrogen (secondary N) is 1. The fourth-order valence-electron chi connectivity index (χ4n) is 1.73. The molecule has 0 amide bonds. The number of hydrogen-bond acceptors (Lipinski definition) is 2. The Balaban J connectivity index is 2.11. The van der Waals surface area contributed by atoms with Crippen LogP contribution in [0.25, 0.3) is 0 Å². The van der Waals surface area contributed by atoms with Crippen LogP contribution in [0.1, 0.15) is 17.0 Å². The third kappa shape index (κ3) is 3.07. The van der Waals surface area contributed by atoms with Gasteiger partial charge in [-0.25, -0.2) is 4.39 Å². The SMILES string of the molecule is Cc1ccc(NCc2ccc(Br)cc2F)c(C)n1. The highest BCUT2D eigenvalue weighted by atomic mass is 79.9. The van der Waals surface area contributed by atoms with Crippen LogP contribution in [0.4, 0.5) is 10.1 Å². The zero-order valence-electron chi connectivity index (χ0n) is 10.3. The maximum Gasteiger partial charge on any atom is 0.129 e. The van der Waals surface area contributed by atoms with Crippen LogP contribution in [-0.2, 0) is 6.54 Å². The predicted molar refractivity (Wildman–Crippen MR) is 75.1 cm³/mol. The topological polar surface area (TPSA) is 24.9 Å². The second-order valence-corrected chi connectivity index (χ2v) is 5.09. The van der Waals surface area contributed by atoms with Crippen molar-refractivity contribution in [3.05, 3.63) is 57.6 Å². The molecule has 1 N–H and O–H groups in total. The first-order valence-electron chi connectivity index (χ1n) is 5.68. The number of nitrogens with zero attached hydrogens (tertiary/aromatic N) is 1. The van der Waals surface area contributed by atoms with Crippen molar-refractivity contribution in [2.75, 3.05) is 5.32 Å². The van der Waals surface area contributed by atoms with E-state index in [2.05, 4.69) is 26.2 Å². The minimum Gasteiger partial charge on any atom is -0.379 e. The summed E-state index contributed by atoms with van der Waals surface area (Å²) in [7, 11) is 0. The molecule has 0 fully saturated rings. The fourth-order valence-corrected chi connectivity index (χ4v) is 2.06.